The highest BCUT2D eigenvalue weighted by molar-refractivity contribution is 4.93. The minimum absolute atomic E-state index is 0.587. The second-order valence-corrected chi connectivity index (χ2v) is 5.20. The Morgan fingerprint density at radius 2 is 1.20 bits per heavy atom. The van der Waals surface area contributed by atoms with E-state index >= 15 is 0 Å². The van der Waals surface area contributed by atoms with E-state index in [-0.39, 0.29) is 0 Å². The first kappa shape index (κ1) is 8.10. The Morgan fingerprint density at radius 3 is 1.30 bits per heavy atom. The van der Waals surface area contributed by atoms with Crippen molar-refractivity contribution in [1.29, 1.82) is 0 Å². The van der Waals surface area contributed by atoms with Crippen LogP contribution in [0, 0.1) is 16.7 Å². The molecule has 0 radical (unpaired) electrons. The lowest BCUT2D eigenvalue weighted by atomic mass is 9.74. The number of rotatable bonds is 0. The van der Waals surface area contributed by atoms with Gasteiger partial charge in [0.05, 0.1) is 0 Å². The zero-order valence-electron chi connectivity index (χ0n) is 7.99. The SMILES string of the molecule is CC1C(C)(C)CCC1(C)C. The van der Waals surface area contributed by atoms with E-state index in [1.165, 1.54) is 12.8 Å². The molecular formula is C10H20. The van der Waals surface area contributed by atoms with E-state index in [1.54, 1.807) is 0 Å². The number of hydrogen-bond donors (Lipinski definition) is 0. The van der Waals surface area contributed by atoms with E-state index in [0.717, 1.165) is 5.92 Å². The molecule has 1 rings (SSSR count). The predicted molar refractivity (Wildman–Crippen MR) is 46.0 cm³/mol. The van der Waals surface area contributed by atoms with Gasteiger partial charge in [0.25, 0.3) is 0 Å². The molecule has 0 heterocycles. The summed E-state index contributed by atoms with van der Waals surface area (Å²) in [6, 6.07) is 0. The third kappa shape index (κ3) is 1.09. The minimum atomic E-state index is 0.587. The van der Waals surface area contributed by atoms with Crippen molar-refractivity contribution in [2.24, 2.45) is 16.7 Å². The molecule has 0 bridgehead atoms. The minimum Gasteiger partial charge on any atom is -0.0615 e. The fourth-order valence-electron chi connectivity index (χ4n) is 2.14. The first-order valence-electron chi connectivity index (χ1n) is 4.36. The van der Waals surface area contributed by atoms with Gasteiger partial charge in [-0.2, -0.15) is 0 Å². The monoisotopic (exact) mass is 140 g/mol. The van der Waals surface area contributed by atoms with Crippen LogP contribution in [0.3, 0.4) is 0 Å². The summed E-state index contributed by atoms with van der Waals surface area (Å²) in [7, 11) is 0. The first-order valence-corrected chi connectivity index (χ1v) is 4.36. The predicted octanol–water partition coefficient (Wildman–Crippen LogP) is 3.47. The molecule has 0 atom stereocenters. The Labute approximate surface area is 65.0 Å². The van der Waals surface area contributed by atoms with Crippen LogP contribution in [0.25, 0.3) is 0 Å². The maximum Gasteiger partial charge on any atom is -0.0323 e. The molecule has 0 aromatic carbocycles. The smallest absolute Gasteiger partial charge is 0.0323 e. The normalized spacial score (nSPS) is 30.9. The molecule has 60 valence electrons. The lowest BCUT2D eigenvalue weighted by Crippen LogP contribution is -2.24. The molecule has 0 unspecified atom stereocenters. The van der Waals surface area contributed by atoms with E-state index in [9.17, 15) is 0 Å². The van der Waals surface area contributed by atoms with Crippen LogP contribution < -0.4 is 0 Å². The summed E-state index contributed by atoms with van der Waals surface area (Å²) < 4.78 is 0. The highest BCUT2D eigenvalue weighted by atomic mass is 14.5. The van der Waals surface area contributed by atoms with Crippen LogP contribution >= 0.6 is 0 Å². The standard InChI is InChI=1S/C10H20/c1-8-9(2,3)6-7-10(8,4)5/h8H,6-7H2,1-5H3. The van der Waals surface area contributed by atoms with Crippen LogP contribution in [0.2, 0.25) is 0 Å². The van der Waals surface area contributed by atoms with Gasteiger partial charge in [-0.25, -0.2) is 0 Å². The molecule has 1 aliphatic rings. The van der Waals surface area contributed by atoms with Gasteiger partial charge in [0, 0.05) is 0 Å². The lowest BCUT2D eigenvalue weighted by Gasteiger charge is -2.31. The molecule has 0 aromatic heterocycles. The van der Waals surface area contributed by atoms with Crippen LogP contribution in [0.4, 0.5) is 0 Å². The topological polar surface area (TPSA) is 0 Å². The molecule has 0 aromatic rings. The Bertz CT molecular complexity index is 115. The molecule has 1 aliphatic carbocycles. The van der Waals surface area contributed by atoms with E-state index in [4.69, 9.17) is 0 Å². The van der Waals surface area contributed by atoms with Crippen LogP contribution in [0.15, 0.2) is 0 Å². The average Bonchev–Trinajstić information content (AvgIpc) is 1.95. The second-order valence-electron chi connectivity index (χ2n) is 5.20. The highest BCUT2D eigenvalue weighted by Gasteiger charge is 2.43. The van der Waals surface area contributed by atoms with Crippen molar-refractivity contribution >= 4 is 0 Å². The summed E-state index contributed by atoms with van der Waals surface area (Å²) in [4.78, 5) is 0. The van der Waals surface area contributed by atoms with Crippen molar-refractivity contribution in [3.05, 3.63) is 0 Å². The van der Waals surface area contributed by atoms with Crippen molar-refractivity contribution in [2.45, 2.75) is 47.5 Å². The molecule has 0 nitrogen and oxygen atoms in total. The fourth-order valence-corrected chi connectivity index (χ4v) is 2.14. The summed E-state index contributed by atoms with van der Waals surface area (Å²) in [5.41, 5.74) is 1.17. The summed E-state index contributed by atoms with van der Waals surface area (Å²) in [6.45, 7) is 12.0. The fraction of sp³-hybridized carbons (Fsp3) is 1.00. The van der Waals surface area contributed by atoms with Gasteiger partial charge < -0.3 is 0 Å². The van der Waals surface area contributed by atoms with Gasteiger partial charge in [-0.1, -0.05) is 34.6 Å². The van der Waals surface area contributed by atoms with E-state index in [0.29, 0.717) is 10.8 Å². The zero-order valence-corrected chi connectivity index (χ0v) is 7.99. The van der Waals surface area contributed by atoms with E-state index in [1.807, 2.05) is 0 Å². The number of hydrogen-bond acceptors (Lipinski definition) is 0. The van der Waals surface area contributed by atoms with Crippen molar-refractivity contribution < 1.29 is 0 Å². The van der Waals surface area contributed by atoms with Gasteiger partial charge in [-0.15, -0.1) is 0 Å². The quantitative estimate of drug-likeness (QED) is 0.483. The lowest BCUT2D eigenvalue weighted by molar-refractivity contribution is 0.179. The van der Waals surface area contributed by atoms with E-state index in [2.05, 4.69) is 34.6 Å². The first-order chi connectivity index (χ1) is 4.36. The van der Waals surface area contributed by atoms with Gasteiger partial charge in [-0.05, 0) is 29.6 Å². The molecule has 1 saturated carbocycles. The molecule has 0 amide bonds. The summed E-state index contributed by atoms with van der Waals surface area (Å²) >= 11 is 0. The third-order valence-corrected chi connectivity index (χ3v) is 3.76. The second kappa shape index (κ2) is 1.99. The van der Waals surface area contributed by atoms with Crippen molar-refractivity contribution in [2.75, 3.05) is 0 Å². The van der Waals surface area contributed by atoms with Crippen molar-refractivity contribution in [1.82, 2.24) is 0 Å². The molecule has 0 spiro atoms. The molecule has 0 aliphatic heterocycles. The molecule has 0 saturated heterocycles. The Balaban J connectivity index is 2.77. The van der Waals surface area contributed by atoms with Gasteiger partial charge in [0.15, 0.2) is 0 Å². The van der Waals surface area contributed by atoms with Crippen molar-refractivity contribution in [3.63, 3.8) is 0 Å². The molecule has 0 N–H and O–H groups in total. The Kier molecular flexibility index (Phi) is 1.61. The maximum atomic E-state index is 2.40. The summed E-state index contributed by atoms with van der Waals surface area (Å²) in [6.07, 6.45) is 2.81. The molecule has 10 heavy (non-hydrogen) atoms. The largest absolute Gasteiger partial charge is 0.0615 e. The average molecular weight is 140 g/mol. The highest BCUT2D eigenvalue weighted by Crippen LogP contribution is 2.53. The van der Waals surface area contributed by atoms with Crippen LogP contribution in [-0.4, -0.2) is 0 Å². The van der Waals surface area contributed by atoms with Gasteiger partial charge >= 0.3 is 0 Å². The van der Waals surface area contributed by atoms with Crippen LogP contribution in [0.1, 0.15) is 47.5 Å². The summed E-state index contributed by atoms with van der Waals surface area (Å²) in [5, 5.41) is 0. The van der Waals surface area contributed by atoms with E-state index < -0.39 is 0 Å². The Hall–Kier alpha value is 0. The Morgan fingerprint density at radius 1 is 0.900 bits per heavy atom. The molecule has 1 fully saturated rings. The van der Waals surface area contributed by atoms with Gasteiger partial charge in [0.2, 0.25) is 0 Å². The van der Waals surface area contributed by atoms with Crippen molar-refractivity contribution in [3.8, 4) is 0 Å². The molecule has 0 heteroatoms. The third-order valence-electron chi connectivity index (χ3n) is 3.76. The van der Waals surface area contributed by atoms with Gasteiger partial charge in [0.1, 0.15) is 0 Å². The summed E-state index contributed by atoms with van der Waals surface area (Å²) in [5.74, 6) is 0.875. The zero-order chi connectivity index (χ0) is 7.99. The van der Waals surface area contributed by atoms with Gasteiger partial charge in [-0.3, -0.25) is 0 Å². The maximum absolute atomic E-state index is 2.40. The van der Waals surface area contributed by atoms with Crippen LogP contribution in [-0.2, 0) is 0 Å². The van der Waals surface area contributed by atoms with Crippen LogP contribution in [0.5, 0.6) is 0 Å². The molecular weight excluding hydrogens is 120 g/mol.